The Bertz CT molecular complexity index is 577. The molecule has 0 amide bonds. The molecule has 1 saturated carbocycles. The van der Waals surface area contributed by atoms with Crippen LogP contribution in [-0.4, -0.2) is 12.6 Å². The molecule has 1 fully saturated rings. The maximum Gasteiger partial charge on any atom is 0.119 e. The zero-order valence-corrected chi connectivity index (χ0v) is 14.5. The van der Waals surface area contributed by atoms with Crippen LogP contribution in [-0.2, 0) is 0 Å². The number of hydrogen-bond donors (Lipinski definition) is 1. The first-order chi connectivity index (χ1) is 10.3. The second kappa shape index (κ2) is 6.95. The molecule has 1 N–H and O–H groups in total. The average Bonchev–Trinajstić information content (AvgIpc) is 3.21. The maximum absolute atomic E-state index is 5.83. The Morgan fingerprint density at radius 1 is 1.29 bits per heavy atom. The smallest absolute Gasteiger partial charge is 0.119 e. The van der Waals surface area contributed by atoms with Crippen LogP contribution in [0.3, 0.4) is 0 Å². The van der Waals surface area contributed by atoms with E-state index in [1.165, 1.54) is 27.8 Å². The highest BCUT2D eigenvalue weighted by Crippen LogP contribution is 2.31. The van der Waals surface area contributed by atoms with Crippen LogP contribution in [0.2, 0.25) is 0 Å². The highest BCUT2D eigenvalue weighted by molar-refractivity contribution is 9.11. The fourth-order valence-corrected chi connectivity index (χ4v) is 3.51. The Labute approximate surface area is 138 Å². The van der Waals surface area contributed by atoms with Crippen molar-refractivity contribution in [1.29, 1.82) is 0 Å². The number of benzene rings is 1. The Hall–Kier alpha value is -0.840. The van der Waals surface area contributed by atoms with Gasteiger partial charge in [-0.25, -0.2) is 0 Å². The third kappa shape index (κ3) is 4.09. The van der Waals surface area contributed by atoms with Crippen molar-refractivity contribution in [2.75, 3.05) is 6.54 Å². The van der Waals surface area contributed by atoms with Crippen LogP contribution in [0.4, 0.5) is 0 Å². The van der Waals surface area contributed by atoms with E-state index in [2.05, 4.69) is 63.9 Å². The van der Waals surface area contributed by atoms with Gasteiger partial charge >= 0.3 is 0 Å². The summed E-state index contributed by atoms with van der Waals surface area (Å²) in [6.45, 7) is 3.21. The van der Waals surface area contributed by atoms with E-state index in [9.17, 15) is 0 Å². The fraction of sp³-hybridized carbons (Fsp3) is 0.412. The molecule has 2 aromatic rings. The van der Waals surface area contributed by atoms with E-state index in [0.717, 1.165) is 18.7 Å². The third-order valence-electron chi connectivity index (χ3n) is 3.56. The van der Waals surface area contributed by atoms with Crippen molar-refractivity contribution in [2.24, 2.45) is 0 Å². The third-order valence-corrected chi connectivity index (χ3v) is 5.08. The van der Waals surface area contributed by atoms with Gasteiger partial charge in [0.2, 0.25) is 0 Å². The Balaban J connectivity index is 1.77. The van der Waals surface area contributed by atoms with Gasteiger partial charge in [-0.3, -0.25) is 0 Å². The lowest BCUT2D eigenvalue weighted by Crippen LogP contribution is -2.22. The van der Waals surface area contributed by atoms with Gasteiger partial charge in [-0.05, 0) is 76.4 Å². The van der Waals surface area contributed by atoms with E-state index in [0.29, 0.717) is 6.10 Å². The molecule has 3 rings (SSSR count). The van der Waals surface area contributed by atoms with Crippen LogP contribution >= 0.6 is 27.3 Å². The number of hydrogen-bond acceptors (Lipinski definition) is 3. The van der Waals surface area contributed by atoms with Gasteiger partial charge < -0.3 is 10.1 Å². The van der Waals surface area contributed by atoms with Gasteiger partial charge in [-0.1, -0.05) is 19.1 Å². The summed E-state index contributed by atoms with van der Waals surface area (Å²) in [5.74, 6) is 0.988. The van der Waals surface area contributed by atoms with Crippen LogP contribution in [0.1, 0.15) is 43.4 Å². The van der Waals surface area contributed by atoms with Gasteiger partial charge in [0, 0.05) is 0 Å². The summed E-state index contributed by atoms with van der Waals surface area (Å²) < 4.78 is 7.00. The molecular weight excluding hydrogens is 346 g/mol. The zero-order valence-electron chi connectivity index (χ0n) is 12.1. The van der Waals surface area contributed by atoms with Gasteiger partial charge in [0.25, 0.3) is 0 Å². The van der Waals surface area contributed by atoms with E-state index in [4.69, 9.17) is 4.74 Å². The Morgan fingerprint density at radius 2 is 2.05 bits per heavy atom. The molecule has 1 unspecified atom stereocenters. The Morgan fingerprint density at radius 3 is 2.62 bits per heavy atom. The van der Waals surface area contributed by atoms with Crippen LogP contribution in [0.5, 0.6) is 5.75 Å². The molecule has 1 aliphatic rings. The molecule has 0 aliphatic heterocycles. The molecular formula is C17H20BrNOS. The molecule has 1 aromatic heterocycles. The van der Waals surface area contributed by atoms with E-state index in [1.807, 2.05) is 0 Å². The highest BCUT2D eigenvalue weighted by atomic mass is 79.9. The predicted molar refractivity (Wildman–Crippen MR) is 92.2 cm³/mol. The SMILES string of the molecule is CCCNC(c1ccc(OC2CC2)cc1)c1csc(Br)c1. The average molecular weight is 366 g/mol. The molecule has 112 valence electrons. The number of thiophene rings is 1. The minimum Gasteiger partial charge on any atom is -0.490 e. The first-order valence-electron chi connectivity index (χ1n) is 7.50. The molecule has 2 nitrogen and oxygen atoms in total. The largest absolute Gasteiger partial charge is 0.490 e. The van der Waals surface area contributed by atoms with Crippen molar-refractivity contribution in [3.63, 3.8) is 0 Å². The van der Waals surface area contributed by atoms with Crippen molar-refractivity contribution >= 4 is 27.3 Å². The number of rotatable bonds is 7. The van der Waals surface area contributed by atoms with Crippen LogP contribution in [0.15, 0.2) is 39.5 Å². The lowest BCUT2D eigenvalue weighted by atomic mass is 10.0. The topological polar surface area (TPSA) is 21.3 Å². The molecule has 0 bridgehead atoms. The minimum absolute atomic E-state index is 0.252. The lowest BCUT2D eigenvalue weighted by molar-refractivity contribution is 0.303. The minimum atomic E-state index is 0.252. The molecule has 4 heteroatoms. The zero-order chi connectivity index (χ0) is 14.7. The van der Waals surface area contributed by atoms with Gasteiger partial charge in [-0.15, -0.1) is 11.3 Å². The van der Waals surface area contributed by atoms with Crippen molar-refractivity contribution in [3.05, 3.63) is 50.6 Å². The van der Waals surface area contributed by atoms with Crippen LogP contribution in [0.25, 0.3) is 0 Å². The quantitative estimate of drug-likeness (QED) is 0.733. The second-order valence-corrected chi connectivity index (χ2v) is 7.75. The number of nitrogens with one attached hydrogen (secondary N) is 1. The molecule has 1 aliphatic carbocycles. The van der Waals surface area contributed by atoms with Crippen molar-refractivity contribution in [2.45, 2.75) is 38.3 Å². The molecule has 21 heavy (non-hydrogen) atoms. The summed E-state index contributed by atoms with van der Waals surface area (Å²) in [5.41, 5.74) is 2.60. The van der Waals surface area contributed by atoms with Crippen LogP contribution < -0.4 is 10.1 Å². The summed E-state index contributed by atoms with van der Waals surface area (Å²) in [5, 5.41) is 5.85. The van der Waals surface area contributed by atoms with E-state index >= 15 is 0 Å². The lowest BCUT2D eigenvalue weighted by Gasteiger charge is -2.18. The molecule has 0 radical (unpaired) electrons. The standard InChI is InChI=1S/C17H20BrNOS/c1-2-9-19-17(13-10-16(18)21-11-13)12-3-5-14(6-4-12)20-15-7-8-15/h3-6,10-11,15,17,19H,2,7-9H2,1H3. The summed E-state index contributed by atoms with van der Waals surface area (Å²) in [4.78, 5) is 0. The van der Waals surface area contributed by atoms with E-state index in [-0.39, 0.29) is 6.04 Å². The van der Waals surface area contributed by atoms with E-state index < -0.39 is 0 Å². The van der Waals surface area contributed by atoms with Crippen molar-refractivity contribution in [1.82, 2.24) is 5.32 Å². The van der Waals surface area contributed by atoms with Gasteiger partial charge in [0.05, 0.1) is 15.9 Å². The first kappa shape index (κ1) is 15.1. The summed E-state index contributed by atoms with van der Waals surface area (Å²) in [7, 11) is 0. The maximum atomic E-state index is 5.83. The predicted octanol–water partition coefficient (Wildman–Crippen LogP) is 5.14. The van der Waals surface area contributed by atoms with Gasteiger partial charge in [0.1, 0.15) is 5.75 Å². The molecule has 1 heterocycles. The van der Waals surface area contributed by atoms with Gasteiger partial charge in [0.15, 0.2) is 0 Å². The van der Waals surface area contributed by atoms with Gasteiger partial charge in [-0.2, -0.15) is 0 Å². The first-order valence-corrected chi connectivity index (χ1v) is 9.17. The highest BCUT2D eigenvalue weighted by Gasteiger charge is 2.23. The van der Waals surface area contributed by atoms with E-state index in [1.54, 1.807) is 11.3 Å². The number of halogens is 1. The summed E-state index contributed by atoms with van der Waals surface area (Å²) in [6.07, 6.45) is 3.99. The molecule has 1 aromatic carbocycles. The van der Waals surface area contributed by atoms with Crippen molar-refractivity contribution in [3.8, 4) is 5.75 Å². The summed E-state index contributed by atoms with van der Waals surface area (Å²) >= 11 is 5.29. The number of ether oxygens (including phenoxy) is 1. The monoisotopic (exact) mass is 365 g/mol. The fourth-order valence-electron chi connectivity index (χ4n) is 2.31. The van der Waals surface area contributed by atoms with Crippen LogP contribution in [0, 0.1) is 0 Å². The van der Waals surface area contributed by atoms with Crippen molar-refractivity contribution < 1.29 is 4.74 Å². The Kier molecular flexibility index (Phi) is 4.99. The normalized spacial score (nSPS) is 15.9. The molecule has 1 atom stereocenters. The molecule has 0 saturated heterocycles. The molecule has 0 spiro atoms. The summed E-state index contributed by atoms with van der Waals surface area (Å²) in [6, 6.07) is 11.0. The second-order valence-electron chi connectivity index (χ2n) is 5.46.